The van der Waals surface area contributed by atoms with Gasteiger partial charge in [0.1, 0.15) is 5.82 Å². The third-order valence-electron chi connectivity index (χ3n) is 4.25. The fourth-order valence-electron chi connectivity index (χ4n) is 2.98. The van der Waals surface area contributed by atoms with E-state index in [0.717, 1.165) is 35.0 Å². The zero-order chi connectivity index (χ0) is 22.3. The topological polar surface area (TPSA) is 117 Å². The first kappa shape index (κ1) is 21.6. The molecule has 0 bridgehead atoms. The second-order valence-electron chi connectivity index (χ2n) is 6.43. The Labute approximate surface area is 169 Å². The monoisotopic (exact) mass is 443 g/mol. The highest BCUT2D eigenvalue weighted by Gasteiger charge is 2.36. The summed E-state index contributed by atoms with van der Waals surface area (Å²) in [6.45, 7) is 1.69. The highest BCUT2D eigenvalue weighted by atomic mass is 32.2. The molecular formula is C18H17F4N5O2S. The lowest BCUT2D eigenvalue weighted by atomic mass is 9.98. The number of rotatable bonds is 5. The molecule has 0 saturated carbocycles. The minimum Gasteiger partial charge on any atom is -0.368 e. The van der Waals surface area contributed by atoms with Gasteiger partial charge in [-0.1, -0.05) is 19.1 Å². The average molecular weight is 443 g/mol. The van der Waals surface area contributed by atoms with Gasteiger partial charge in [-0.05, 0) is 30.2 Å². The summed E-state index contributed by atoms with van der Waals surface area (Å²) in [7, 11) is -3.56. The smallest absolute Gasteiger partial charge is 0.368 e. The van der Waals surface area contributed by atoms with E-state index in [1.54, 1.807) is 6.92 Å². The second-order valence-corrected chi connectivity index (χ2v) is 8.54. The normalized spacial score (nSPS) is 12.3. The fourth-order valence-corrected chi connectivity index (χ4v) is 4.30. The van der Waals surface area contributed by atoms with E-state index in [0.29, 0.717) is 12.5 Å². The number of nitrogens with two attached hydrogens (primary N) is 2. The molecule has 0 spiro atoms. The highest BCUT2D eigenvalue weighted by molar-refractivity contribution is 7.91. The van der Waals surface area contributed by atoms with Crippen LogP contribution < -0.4 is 11.5 Å². The lowest BCUT2D eigenvalue weighted by Gasteiger charge is -2.16. The number of sulfone groups is 1. The number of nitrogen functional groups attached to an aromatic ring is 2. The van der Waals surface area contributed by atoms with E-state index in [1.807, 2.05) is 0 Å². The van der Waals surface area contributed by atoms with Crippen molar-refractivity contribution in [3.63, 3.8) is 0 Å². The van der Waals surface area contributed by atoms with Crippen LogP contribution in [0.4, 0.5) is 29.5 Å². The van der Waals surface area contributed by atoms with Crippen molar-refractivity contribution in [1.29, 1.82) is 0 Å². The van der Waals surface area contributed by atoms with E-state index in [4.69, 9.17) is 11.5 Å². The molecule has 160 valence electrons. The quantitative estimate of drug-likeness (QED) is 0.584. The number of hydrogen-bond acceptors (Lipinski definition) is 6. The molecule has 0 unspecified atom stereocenters. The molecule has 1 heterocycles. The first-order chi connectivity index (χ1) is 13.9. The van der Waals surface area contributed by atoms with Crippen LogP contribution in [0.3, 0.4) is 0 Å². The molecule has 0 aliphatic carbocycles. The Balaban J connectivity index is 2.16. The summed E-state index contributed by atoms with van der Waals surface area (Å²) in [5, 5.41) is 3.66. The highest BCUT2D eigenvalue weighted by Crippen LogP contribution is 2.40. The van der Waals surface area contributed by atoms with Crippen LogP contribution in [0.25, 0.3) is 16.8 Å². The van der Waals surface area contributed by atoms with E-state index >= 15 is 0 Å². The van der Waals surface area contributed by atoms with Crippen molar-refractivity contribution in [2.75, 3.05) is 17.2 Å². The number of alkyl halides is 3. The van der Waals surface area contributed by atoms with E-state index in [2.05, 4.69) is 10.1 Å². The van der Waals surface area contributed by atoms with Crippen LogP contribution in [-0.4, -0.2) is 28.9 Å². The van der Waals surface area contributed by atoms with Crippen LogP contribution in [0.5, 0.6) is 0 Å². The van der Waals surface area contributed by atoms with Crippen molar-refractivity contribution in [3.8, 4) is 16.8 Å². The number of benzene rings is 2. The zero-order valence-corrected chi connectivity index (χ0v) is 16.4. The third-order valence-corrected chi connectivity index (χ3v) is 6.18. The van der Waals surface area contributed by atoms with E-state index in [1.165, 1.54) is 0 Å². The lowest BCUT2D eigenvalue weighted by molar-refractivity contribution is -0.137. The van der Waals surface area contributed by atoms with Crippen LogP contribution in [0.2, 0.25) is 0 Å². The Bertz CT molecular complexity index is 1190. The molecule has 4 N–H and O–H groups in total. The van der Waals surface area contributed by atoms with E-state index in [-0.39, 0.29) is 33.8 Å². The Morgan fingerprint density at radius 1 is 1.10 bits per heavy atom. The number of anilines is 2. The summed E-state index contributed by atoms with van der Waals surface area (Å²) < 4.78 is 81.0. The second kappa shape index (κ2) is 7.59. The van der Waals surface area contributed by atoms with Gasteiger partial charge >= 0.3 is 6.18 Å². The average Bonchev–Trinajstić information content (AvgIpc) is 2.98. The molecule has 3 aromatic rings. The summed E-state index contributed by atoms with van der Waals surface area (Å²) in [4.78, 5) is 3.53. The molecule has 3 rings (SSSR count). The molecule has 2 aromatic carbocycles. The third kappa shape index (κ3) is 4.08. The standard InChI is InChI=1S/C18H17F4N5O2S/c1-2-7-30(28,29)12-5-3-10(4-6-12)15-13(18(20,21)22)8-11(9-14(15)19)27-17(24)25-16(23)26-27/h3-6,8-9H,2,7H2,1H3,(H4,23,24,25,26). The van der Waals surface area contributed by atoms with Gasteiger partial charge in [-0.25, -0.2) is 12.8 Å². The van der Waals surface area contributed by atoms with Crippen LogP contribution in [0.1, 0.15) is 18.9 Å². The van der Waals surface area contributed by atoms with Crippen LogP contribution >= 0.6 is 0 Å². The Kier molecular flexibility index (Phi) is 5.46. The molecule has 0 fully saturated rings. The van der Waals surface area contributed by atoms with E-state index in [9.17, 15) is 26.0 Å². The summed E-state index contributed by atoms with van der Waals surface area (Å²) in [5.74, 6) is -1.89. The van der Waals surface area contributed by atoms with Crippen molar-refractivity contribution in [1.82, 2.24) is 14.8 Å². The first-order valence-corrected chi connectivity index (χ1v) is 10.3. The number of nitrogens with zero attached hydrogens (tertiary/aromatic N) is 3. The zero-order valence-electron chi connectivity index (χ0n) is 15.6. The summed E-state index contributed by atoms with van der Waals surface area (Å²) >= 11 is 0. The van der Waals surface area contributed by atoms with Gasteiger partial charge in [0.05, 0.1) is 21.9 Å². The molecule has 0 atom stereocenters. The number of halogens is 4. The van der Waals surface area contributed by atoms with Gasteiger partial charge in [0.2, 0.25) is 11.9 Å². The van der Waals surface area contributed by atoms with Crippen LogP contribution in [-0.2, 0) is 16.0 Å². The van der Waals surface area contributed by atoms with Gasteiger partial charge in [-0.3, -0.25) is 0 Å². The SMILES string of the molecule is CCCS(=O)(=O)c1ccc(-c2c(F)cc(-n3nc(N)nc3N)cc2C(F)(F)F)cc1. The Morgan fingerprint density at radius 3 is 2.23 bits per heavy atom. The summed E-state index contributed by atoms with van der Waals surface area (Å²) in [6, 6.07) is 6.07. The van der Waals surface area contributed by atoms with Gasteiger partial charge in [0, 0.05) is 11.6 Å². The number of aromatic nitrogens is 3. The summed E-state index contributed by atoms with van der Waals surface area (Å²) in [5.41, 5.74) is 8.49. The van der Waals surface area contributed by atoms with Crippen molar-refractivity contribution in [3.05, 3.63) is 47.8 Å². The van der Waals surface area contributed by atoms with Gasteiger partial charge in [-0.15, -0.1) is 5.10 Å². The molecule has 12 heteroatoms. The van der Waals surface area contributed by atoms with Crippen molar-refractivity contribution in [2.45, 2.75) is 24.4 Å². The minimum atomic E-state index is -4.92. The Morgan fingerprint density at radius 2 is 1.73 bits per heavy atom. The molecule has 1 aromatic heterocycles. The molecule has 0 amide bonds. The molecule has 7 nitrogen and oxygen atoms in total. The van der Waals surface area contributed by atoms with Crippen LogP contribution in [0, 0.1) is 5.82 Å². The maximum atomic E-state index is 14.9. The maximum absolute atomic E-state index is 14.9. The van der Waals surface area contributed by atoms with Crippen molar-refractivity contribution >= 4 is 21.7 Å². The molecular weight excluding hydrogens is 426 g/mol. The predicted octanol–water partition coefficient (Wildman–Crippen LogP) is 3.44. The van der Waals surface area contributed by atoms with Crippen molar-refractivity contribution < 1.29 is 26.0 Å². The Hall–Kier alpha value is -3.15. The minimum absolute atomic E-state index is 0.0513. The molecule has 0 aliphatic rings. The van der Waals surface area contributed by atoms with Gasteiger partial charge in [0.25, 0.3) is 0 Å². The molecule has 0 saturated heterocycles. The van der Waals surface area contributed by atoms with E-state index < -0.39 is 33.0 Å². The molecule has 0 aliphatic heterocycles. The summed E-state index contributed by atoms with van der Waals surface area (Å²) in [6.07, 6.45) is -4.53. The largest absolute Gasteiger partial charge is 0.417 e. The van der Waals surface area contributed by atoms with Crippen LogP contribution in [0.15, 0.2) is 41.3 Å². The number of hydrogen-bond donors (Lipinski definition) is 2. The lowest BCUT2D eigenvalue weighted by Crippen LogP contribution is -2.12. The maximum Gasteiger partial charge on any atom is 0.417 e. The van der Waals surface area contributed by atoms with Gasteiger partial charge in [0.15, 0.2) is 9.84 Å². The van der Waals surface area contributed by atoms with Gasteiger partial charge < -0.3 is 11.5 Å². The fraction of sp³-hybridized carbons (Fsp3) is 0.222. The predicted molar refractivity (Wildman–Crippen MR) is 103 cm³/mol. The molecule has 30 heavy (non-hydrogen) atoms. The first-order valence-electron chi connectivity index (χ1n) is 8.66. The van der Waals surface area contributed by atoms with Crippen molar-refractivity contribution in [2.24, 2.45) is 0 Å². The molecule has 0 radical (unpaired) electrons. The van der Waals surface area contributed by atoms with Gasteiger partial charge in [-0.2, -0.15) is 22.8 Å².